The molecule has 2 aliphatic rings. The summed E-state index contributed by atoms with van der Waals surface area (Å²) in [6.45, 7) is 9.03. The van der Waals surface area contributed by atoms with Crippen LogP contribution >= 0.6 is 0 Å². The Morgan fingerprint density at radius 3 is 1.38 bits per heavy atom. The average molecular weight is 441 g/mol. The fourth-order valence-electron chi connectivity index (χ4n) is 2.58. The molecule has 116 valence electrons. The SMILES string of the molecule is C[SiH](C)C1=CC[C]([Zr+2][C]2=C(O)C([SiH](C)C)=CC2)=C1O.[Cl-].[Cl-]. The van der Waals surface area contributed by atoms with Gasteiger partial charge < -0.3 is 24.8 Å². The van der Waals surface area contributed by atoms with Crippen LogP contribution in [0.15, 0.2) is 40.6 Å². The monoisotopic (exact) mass is 438 g/mol. The van der Waals surface area contributed by atoms with E-state index in [1.165, 1.54) is 17.0 Å². The fraction of sp³-hybridized carbons (Fsp3) is 0.429. The summed E-state index contributed by atoms with van der Waals surface area (Å²) in [7, 11) is -1.83. The van der Waals surface area contributed by atoms with Crippen molar-refractivity contribution in [3.8, 4) is 0 Å². The number of hydrogen-bond donors (Lipinski definition) is 2. The van der Waals surface area contributed by atoms with Gasteiger partial charge in [0.15, 0.2) is 0 Å². The van der Waals surface area contributed by atoms with Crippen molar-refractivity contribution in [2.45, 2.75) is 39.0 Å². The molecule has 0 aliphatic heterocycles. The number of allylic oxidation sites excluding steroid dienone is 6. The summed E-state index contributed by atoms with van der Waals surface area (Å²) < 4.78 is 2.53. The molecule has 2 nitrogen and oxygen atoms in total. The molecule has 0 saturated carbocycles. The summed E-state index contributed by atoms with van der Waals surface area (Å²) >= 11 is -0.971. The van der Waals surface area contributed by atoms with E-state index in [2.05, 4.69) is 38.3 Å². The van der Waals surface area contributed by atoms with Gasteiger partial charge >= 0.3 is 131 Å². The molecule has 21 heavy (non-hydrogen) atoms. The predicted octanol–water partition coefficient (Wildman–Crippen LogP) is -2.67. The fourth-order valence-corrected chi connectivity index (χ4v) is 9.10. The van der Waals surface area contributed by atoms with Gasteiger partial charge in [0.1, 0.15) is 0 Å². The average Bonchev–Trinajstić information content (AvgIpc) is 2.85. The van der Waals surface area contributed by atoms with Gasteiger partial charge in [0, 0.05) is 0 Å². The predicted molar refractivity (Wildman–Crippen MR) is 82.5 cm³/mol. The summed E-state index contributed by atoms with van der Waals surface area (Å²) in [6.07, 6.45) is 6.31. The smallest absolute Gasteiger partial charge is 1.00 e. The van der Waals surface area contributed by atoms with Crippen molar-refractivity contribution in [1.29, 1.82) is 0 Å². The largest absolute Gasteiger partial charge is 1.00 e. The Kier molecular flexibility index (Phi) is 9.12. The Hall–Kier alpha value is 0.457. The van der Waals surface area contributed by atoms with Crippen LogP contribution in [0.2, 0.25) is 26.2 Å². The van der Waals surface area contributed by atoms with Crippen LogP contribution in [0, 0.1) is 0 Å². The van der Waals surface area contributed by atoms with Crippen molar-refractivity contribution in [3.63, 3.8) is 0 Å². The summed E-state index contributed by atoms with van der Waals surface area (Å²) in [5, 5.41) is 23.1. The van der Waals surface area contributed by atoms with Gasteiger partial charge in [-0.05, 0) is 0 Å². The molecule has 0 radical (unpaired) electrons. The minimum atomic E-state index is -0.971. The second-order valence-electron chi connectivity index (χ2n) is 5.82. The third kappa shape index (κ3) is 4.71. The van der Waals surface area contributed by atoms with Gasteiger partial charge in [-0.25, -0.2) is 0 Å². The van der Waals surface area contributed by atoms with E-state index in [0.29, 0.717) is 11.5 Å². The third-order valence-electron chi connectivity index (χ3n) is 3.72. The molecule has 0 spiro atoms. The minimum Gasteiger partial charge on any atom is -1.00 e. The normalized spacial score (nSPS) is 17.6. The number of aliphatic hydroxyl groups excluding tert-OH is 2. The molecule has 2 N–H and O–H groups in total. The second kappa shape index (κ2) is 8.93. The number of rotatable bonds is 4. The van der Waals surface area contributed by atoms with Gasteiger partial charge in [-0.15, -0.1) is 0 Å². The van der Waals surface area contributed by atoms with Crippen molar-refractivity contribution in [3.05, 3.63) is 40.6 Å². The van der Waals surface area contributed by atoms with Gasteiger partial charge in [-0.1, -0.05) is 0 Å². The molecular weight excluding hydrogens is 418 g/mol. The van der Waals surface area contributed by atoms with E-state index in [0.717, 1.165) is 12.8 Å². The first-order chi connectivity index (χ1) is 8.91. The van der Waals surface area contributed by atoms with Gasteiger partial charge in [-0.3, -0.25) is 0 Å². The maximum atomic E-state index is 10.3. The van der Waals surface area contributed by atoms with Crippen molar-refractivity contribution in [2.75, 3.05) is 0 Å². The molecule has 0 atom stereocenters. The van der Waals surface area contributed by atoms with Crippen molar-refractivity contribution in [1.82, 2.24) is 0 Å². The van der Waals surface area contributed by atoms with E-state index in [9.17, 15) is 10.2 Å². The van der Waals surface area contributed by atoms with E-state index in [-0.39, 0.29) is 24.8 Å². The van der Waals surface area contributed by atoms with E-state index < -0.39 is 40.8 Å². The topological polar surface area (TPSA) is 40.5 Å². The van der Waals surface area contributed by atoms with E-state index in [1.807, 2.05) is 0 Å². The molecule has 0 aromatic heterocycles. The maximum absolute atomic E-state index is 10.3. The Balaban J connectivity index is 0.00000200. The quantitative estimate of drug-likeness (QED) is 0.468. The van der Waals surface area contributed by atoms with Crippen LogP contribution in [-0.4, -0.2) is 27.8 Å². The molecule has 0 amide bonds. The van der Waals surface area contributed by atoms with E-state index in [4.69, 9.17) is 0 Å². The van der Waals surface area contributed by atoms with Crippen LogP contribution in [0.1, 0.15) is 12.8 Å². The molecule has 0 saturated heterocycles. The first-order valence-corrected chi connectivity index (χ1v) is 15.2. The standard InChI is InChI=1S/2C7H11OSi.2ClH.Zr/c2*1-9(2)7-5-3-4-6(7)8;;;/h2*5,8-9H,3H2,1-2H3;2*1H;/q;;;;+2/p-2. The molecule has 2 aliphatic carbocycles. The van der Waals surface area contributed by atoms with Crippen LogP contribution < -0.4 is 24.8 Å². The van der Waals surface area contributed by atoms with Gasteiger partial charge in [-0.2, -0.15) is 0 Å². The van der Waals surface area contributed by atoms with Crippen LogP contribution in [0.4, 0.5) is 0 Å². The first-order valence-electron chi connectivity index (χ1n) is 6.93. The van der Waals surface area contributed by atoms with E-state index in [1.54, 1.807) is 0 Å². The molecular formula is C14H22Cl2O2Si2Zr. The second-order valence-corrected chi connectivity index (χ2v) is 15.3. The minimum absolute atomic E-state index is 0. The molecule has 0 fully saturated rings. The molecule has 0 bridgehead atoms. The van der Waals surface area contributed by atoms with Gasteiger partial charge in [0.25, 0.3) is 0 Å². The summed E-state index contributed by atoms with van der Waals surface area (Å²) in [4.78, 5) is 0. The Morgan fingerprint density at radius 1 is 0.810 bits per heavy atom. The van der Waals surface area contributed by atoms with Crippen LogP contribution in [0.25, 0.3) is 0 Å². The number of halogens is 2. The zero-order chi connectivity index (χ0) is 14.2. The van der Waals surface area contributed by atoms with Gasteiger partial charge in [0.2, 0.25) is 0 Å². The molecule has 0 aromatic carbocycles. The zero-order valence-corrected chi connectivity index (χ0v) is 19.2. The Morgan fingerprint density at radius 2 is 1.14 bits per heavy atom. The van der Waals surface area contributed by atoms with Crippen LogP contribution in [-0.2, 0) is 23.2 Å². The Labute approximate surface area is 154 Å². The third-order valence-corrected chi connectivity index (χ3v) is 10.9. The molecule has 2 rings (SSSR count). The summed E-state index contributed by atoms with van der Waals surface area (Å²) in [5.74, 6) is 1.20. The molecule has 0 unspecified atom stereocenters. The number of hydrogen-bond acceptors (Lipinski definition) is 2. The molecule has 0 heterocycles. The first kappa shape index (κ1) is 21.5. The Bertz CT molecular complexity index is 477. The van der Waals surface area contributed by atoms with Crippen LogP contribution in [0.3, 0.4) is 0 Å². The molecule has 0 aromatic rings. The maximum Gasteiger partial charge on any atom is -1.00 e. The summed E-state index contributed by atoms with van der Waals surface area (Å²) in [5.41, 5.74) is 0. The molecule has 7 heteroatoms. The number of aliphatic hydroxyl groups is 2. The van der Waals surface area contributed by atoms with Crippen molar-refractivity contribution < 1.29 is 58.3 Å². The van der Waals surface area contributed by atoms with E-state index >= 15 is 0 Å². The van der Waals surface area contributed by atoms with Crippen molar-refractivity contribution >= 4 is 17.6 Å². The summed E-state index contributed by atoms with van der Waals surface area (Å²) in [6, 6.07) is 0. The zero-order valence-electron chi connectivity index (χ0n) is 12.9. The van der Waals surface area contributed by atoms with Gasteiger partial charge in [0.05, 0.1) is 0 Å². The van der Waals surface area contributed by atoms with Crippen molar-refractivity contribution in [2.24, 2.45) is 0 Å². The van der Waals surface area contributed by atoms with Crippen LogP contribution in [0.5, 0.6) is 0 Å².